The highest BCUT2D eigenvalue weighted by atomic mass is 32.1. The van der Waals surface area contributed by atoms with Crippen LogP contribution in [0.15, 0.2) is 36.7 Å². The van der Waals surface area contributed by atoms with E-state index in [0.717, 1.165) is 48.8 Å². The minimum Gasteiger partial charge on any atom is -0.374 e. The van der Waals surface area contributed by atoms with E-state index < -0.39 is 0 Å². The van der Waals surface area contributed by atoms with Crippen molar-refractivity contribution in [2.24, 2.45) is 0 Å². The van der Waals surface area contributed by atoms with Crippen LogP contribution in [0.5, 0.6) is 0 Å². The van der Waals surface area contributed by atoms with Gasteiger partial charge in [-0.05, 0) is 25.0 Å². The second kappa shape index (κ2) is 7.70. The smallest absolute Gasteiger partial charge is 0.138 e. The highest BCUT2D eigenvalue weighted by molar-refractivity contribution is 7.18. The number of morpholine rings is 1. The van der Waals surface area contributed by atoms with E-state index >= 15 is 0 Å². The quantitative estimate of drug-likeness (QED) is 0.745. The van der Waals surface area contributed by atoms with Crippen molar-refractivity contribution in [2.45, 2.75) is 26.5 Å². The molecule has 6 heteroatoms. The zero-order valence-corrected chi connectivity index (χ0v) is 16.1. The monoisotopic (exact) mass is 368 g/mol. The van der Waals surface area contributed by atoms with Crippen LogP contribution in [0.1, 0.15) is 16.0 Å². The van der Waals surface area contributed by atoms with Gasteiger partial charge >= 0.3 is 0 Å². The van der Waals surface area contributed by atoms with Crippen molar-refractivity contribution in [2.75, 3.05) is 31.6 Å². The number of benzene rings is 1. The number of ether oxygens (including phenoxy) is 1. The molecule has 1 aliphatic rings. The summed E-state index contributed by atoms with van der Waals surface area (Å²) in [6.07, 6.45) is 1.81. The summed E-state index contributed by atoms with van der Waals surface area (Å²) in [5, 5.41) is 4.65. The van der Waals surface area contributed by atoms with Gasteiger partial charge in [-0.2, -0.15) is 0 Å². The Hall–Kier alpha value is -2.02. The Bertz CT molecular complexity index is 880. The molecule has 1 aromatic carbocycles. The Morgan fingerprint density at radius 3 is 2.92 bits per heavy atom. The molecule has 136 valence electrons. The van der Waals surface area contributed by atoms with Crippen molar-refractivity contribution in [1.29, 1.82) is 0 Å². The number of thiophene rings is 1. The topological polar surface area (TPSA) is 50.3 Å². The Morgan fingerprint density at radius 1 is 1.23 bits per heavy atom. The number of hydrogen-bond acceptors (Lipinski definition) is 6. The van der Waals surface area contributed by atoms with Crippen LogP contribution < -0.4 is 5.32 Å². The second-order valence-electron chi connectivity index (χ2n) is 6.78. The number of hydrogen-bond donors (Lipinski definition) is 1. The molecule has 2 aromatic heterocycles. The summed E-state index contributed by atoms with van der Waals surface area (Å²) in [4.78, 5) is 13.7. The molecule has 5 nitrogen and oxygen atoms in total. The summed E-state index contributed by atoms with van der Waals surface area (Å²) in [6.45, 7) is 8.68. The first-order valence-corrected chi connectivity index (χ1v) is 9.85. The van der Waals surface area contributed by atoms with Crippen LogP contribution >= 0.6 is 11.3 Å². The van der Waals surface area contributed by atoms with E-state index in [-0.39, 0.29) is 6.10 Å². The van der Waals surface area contributed by atoms with E-state index in [1.807, 2.05) is 0 Å². The van der Waals surface area contributed by atoms with Crippen molar-refractivity contribution < 1.29 is 4.74 Å². The van der Waals surface area contributed by atoms with Crippen LogP contribution in [-0.4, -0.2) is 47.2 Å². The van der Waals surface area contributed by atoms with Gasteiger partial charge in [0.2, 0.25) is 0 Å². The van der Waals surface area contributed by atoms with Gasteiger partial charge in [0, 0.05) is 31.1 Å². The molecular weight excluding hydrogens is 344 g/mol. The van der Waals surface area contributed by atoms with Crippen LogP contribution in [0.2, 0.25) is 0 Å². The first-order valence-electron chi connectivity index (χ1n) is 9.03. The van der Waals surface area contributed by atoms with Gasteiger partial charge in [-0.15, -0.1) is 11.3 Å². The van der Waals surface area contributed by atoms with Gasteiger partial charge in [-0.1, -0.05) is 30.3 Å². The maximum atomic E-state index is 5.97. The summed E-state index contributed by atoms with van der Waals surface area (Å²) >= 11 is 1.73. The predicted molar refractivity (Wildman–Crippen MR) is 107 cm³/mol. The van der Waals surface area contributed by atoms with E-state index in [1.54, 1.807) is 17.7 Å². The average molecular weight is 369 g/mol. The zero-order chi connectivity index (χ0) is 17.9. The maximum absolute atomic E-state index is 5.97. The Balaban J connectivity index is 1.40. The molecule has 1 atom stereocenters. The number of anilines is 1. The summed E-state index contributed by atoms with van der Waals surface area (Å²) in [6, 6.07) is 10.6. The van der Waals surface area contributed by atoms with Gasteiger partial charge in [0.1, 0.15) is 17.0 Å². The van der Waals surface area contributed by atoms with Gasteiger partial charge in [0.15, 0.2) is 0 Å². The molecule has 26 heavy (non-hydrogen) atoms. The normalized spacial score (nSPS) is 18.3. The molecule has 1 N–H and O–H groups in total. The summed E-state index contributed by atoms with van der Waals surface area (Å²) in [7, 11) is 0. The molecule has 0 aliphatic carbocycles. The fourth-order valence-electron chi connectivity index (χ4n) is 3.42. The predicted octanol–water partition coefficient (Wildman–Crippen LogP) is 3.62. The molecule has 1 fully saturated rings. The number of nitrogens with zero attached hydrogens (tertiary/aromatic N) is 3. The Kier molecular flexibility index (Phi) is 5.15. The molecule has 1 saturated heterocycles. The van der Waals surface area contributed by atoms with Gasteiger partial charge in [-0.25, -0.2) is 9.97 Å². The van der Waals surface area contributed by atoms with Gasteiger partial charge in [0.05, 0.1) is 18.1 Å². The average Bonchev–Trinajstić information content (AvgIpc) is 2.96. The standard InChI is InChI=1S/C20H24N4OS/c1-14-15(2)26-20-18(14)19(22-13-23-20)21-10-17-12-24(8-9-25-17)11-16-6-4-3-5-7-16/h3-7,13,17H,8-12H2,1-2H3,(H,21,22,23)/t17-/m1/s1. The minimum atomic E-state index is 0.164. The van der Waals surface area contributed by atoms with Gasteiger partial charge < -0.3 is 10.1 Å². The lowest BCUT2D eigenvalue weighted by atomic mass is 10.2. The zero-order valence-electron chi connectivity index (χ0n) is 15.2. The molecule has 0 saturated carbocycles. The van der Waals surface area contributed by atoms with Crippen LogP contribution in [0.4, 0.5) is 5.82 Å². The second-order valence-corrected chi connectivity index (χ2v) is 7.98. The number of nitrogens with one attached hydrogen (secondary N) is 1. The Morgan fingerprint density at radius 2 is 2.08 bits per heavy atom. The summed E-state index contributed by atoms with van der Waals surface area (Å²) in [5.74, 6) is 0.917. The van der Waals surface area contributed by atoms with Crippen molar-refractivity contribution in [3.63, 3.8) is 0 Å². The molecule has 4 rings (SSSR count). The lowest BCUT2D eigenvalue weighted by Crippen LogP contribution is -2.44. The molecular formula is C20H24N4OS. The first kappa shape index (κ1) is 17.4. The number of aromatic nitrogens is 2. The van der Waals surface area contributed by atoms with E-state index in [1.165, 1.54) is 16.0 Å². The van der Waals surface area contributed by atoms with E-state index in [0.29, 0.717) is 0 Å². The number of fused-ring (bicyclic) bond motifs is 1. The summed E-state index contributed by atoms with van der Waals surface area (Å²) in [5.41, 5.74) is 2.62. The fraction of sp³-hybridized carbons (Fsp3) is 0.400. The molecule has 3 heterocycles. The lowest BCUT2D eigenvalue weighted by molar-refractivity contribution is -0.0240. The van der Waals surface area contributed by atoms with E-state index in [2.05, 4.69) is 64.4 Å². The van der Waals surface area contributed by atoms with Crippen molar-refractivity contribution in [1.82, 2.24) is 14.9 Å². The third-order valence-electron chi connectivity index (χ3n) is 4.93. The Labute approximate surface area is 158 Å². The van der Waals surface area contributed by atoms with Crippen LogP contribution in [-0.2, 0) is 11.3 Å². The van der Waals surface area contributed by atoms with Crippen LogP contribution in [0.3, 0.4) is 0 Å². The van der Waals surface area contributed by atoms with Crippen molar-refractivity contribution >= 4 is 27.4 Å². The van der Waals surface area contributed by atoms with Crippen molar-refractivity contribution in [3.05, 3.63) is 52.7 Å². The fourth-order valence-corrected chi connectivity index (χ4v) is 4.41. The highest BCUT2D eigenvalue weighted by Crippen LogP contribution is 2.32. The van der Waals surface area contributed by atoms with E-state index in [9.17, 15) is 0 Å². The molecule has 3 aromatic rings. The molecule has 0 radical (unpaired) electrons. The van der Waals surface area contributed by atoms with Crippen LogP contribution in [0.25, 0.3) is 10.2 Å². The molecule has 0 spiro atoms. The SMILES string of the molecule is Cc1sc2ncnc(NC[C@@H]3CN(Cc4ccccc4)CCO3)c2c1C. The molecule has 0 amide bonds. The summed E-state index contributed by atoms with van der Waals surface area (Å²) < 4.78 is 5.97. The number of rotatable bonds is 5. The third kappa shape index (κ3) is 3.72. The lowest BCUT2D eigenvalue weighted by Gasteiger charge is -2.33. The van der Waals surface area contributed by atoms with Crippen molar-refractivity contribution in [3.8, 4) is 0 Å². The number of aryl methyl sites for hydroxylation is 2. The molecule has 1 aliphatic heterocycles. The van der Waals surface area contributed by atoms with Gasteiger partial charge in [-0.3, -0.25) is 4.90 Å². The third-order valence-corrected chi connectivity index (χ3v) is 6.05. The molecule has 0 unspecified atom stereocenters. The van der Waals surface area contributed by atoms with E-state index in [4.69, 9.17) is 4.74 Å². The maximum Gasteiger partial charge on any atom is 0.138 e. The van der Waals surface area contributed by atoms with Gasteiger partial charge in [0.25, 0.3) is 0 Å². The highest BCUT2D eigenvalue weighted by Gasteiger charge is 2.21. The van der Waals surface area contributed by atoms with Crippen LogP contribution in [0, 0.1) is 13.8 Å². The largest absolute Gasteiger partial charge is 0.374 e. The minimum absolute atomic E-state index is 0.164. The molecule has 0 bridgehead atoms. The first-order chi connectivity index (χ1) is 12.7.